The summed E-state index contributed by atoms with van der Waals surface area (Å²) >= 11 is 0. The Morgan fingerprint density at radius 2 is 1.85 bits per heavy atom. The number of hydrogen-bond donors (Lipinski definition) is 3. The van der Waals surface area contributed by atoms with E-state index in [1.165, 1.54) is 0 Å². The maximum Gasteiger partial charge on any atom is 0.408 e. The molecule has 1 aromatic rings. The van der Waals surface area contributed by atoms with Crippen molar-refractivity contribution in [2.75, 3.05) is 12.8 Å². The van der Waals surface area contributed by atoms with E-state index in [4.69, 9.17) is 9.47 Å². The number of rotatable bonds is 10. The zero-order chi connectivity index (χ0) is 20.5. The molecule has 0 radical (unpaired) electrons. The Balaban J connectivity index is 2.79. The highest BCUT2D eigenvalue weighted by molar-refractivity contribution is 7.58. The van der Waals surface area contributed by atoms with Crippen molar-refractivity contribution in [3.8, 4) is 0 Å². The van der Waals surface area contributed by atoms with Crippen LogP contribution < -0.4 is 5.32 Å². The van der Waals surface area contributed by atoms with Gasteiger partial charge in [-0.3, -0.25) is 4.57 Å². The van der Waals surface area contributed by atoms with E-state index in [9.17, 15) is 19.4 Å². The Kier molecular flexibility index (Phi) is 9.47. The fraction of sp³-hybridized carbons (Fsp3) is 0.632. The van der Waals surface area contributed by atoms with Crippen LogP contribution in [-0.2, 0) is 20.5 Å². The van der Waals surface area contributed by atoms with Crippen LogP contribution in [0.1, 0.15) is 46.1 Å². The molecule has 0 bridgehead atoms. The average molecular weight is 401 g/mol. The summed E-state index contributed by atoms with van der Waals surface area (Å²) in [5.74, 6) is -1.02. The van der Waals surface area contributed by atoms with Crippen LogP contribution in [0.25, 0.3) is 0 Å². The number of aryl methyl sites for hydroxylation is 1. The number of carbonyl (C=O) groups is 1. The van der Waals surface area contributed by atoms with Crippen LogP contribution >= 0.6 is 7.37 Å². The lowest BCUT2D eigenvalue weighted by molar-refractivity contribution is -0.0995. The van der Waals surface area contributed by atoms with Crippen molar-refractivity contribution in [3.05, 3.63) is 35.9 Å². The molecule has 0 aliphatic carbocycles. The zero-order valence-corrected chi connectivity index (χ0v) is 17.4. The minimum Gasteiger partial charge on any atom is -0.444 e. The minimum atomic E-state index is -3.74. The maximum absolute atomic E-state index is 12.9. The molecule has 1 amide bonds. The SMILES string of the molecule is CCOC(O)CCC(NC(=O)OC(C)(C)C)P(=O)(O)CCc1ccccc1. The second kappa shape index (κ2) is 10.8. The topological polar surface area (TPSA) is 105 Å². The van der Waals surface area contributed by atoms with E-state index in [2.05, 4.69) is 5.32 Å². The molecule has 0 heterocycles. The first kappa shape index (κ1) is 23.6. The highest BCUT2D eigenvalue weighted by Gasteiger charge is 2.33. The van der Waals surface area contributed by atoms with Gasteiger partial charge in [0.2, 0.25) is 7.37 Å². The van der Waals surface area contributed by atoms with Crippen molar-refractivity contribution in [2.45, 2.75) is 64.6 Å². The van der Waals surface area contributed by atoms with Gasteiger partial charge in [0, 0.05) is 19.2 Å². The van der Waals surface area contributed by atoms with E-state index in [0.29, 0.717) is 13.0 Å². The van der Waals surface area contributed by atoms with Gasteiger partial charge in [-0.05, 0) is 46.1 Å². The van der Waals surface area contributed by atoms with Gasteiger partial charge < -0.3 is 24.8 Å². The van der Waals surface area contributed by atoms with E-state index in [1.54, 1.807) is 27.7 Å². The number of ether oxygens (including phenoxy) is 2. The third-order valence-corrected chi connectivity index (χ3v) is 6.01. The number of benzene rings is 1. The summed E-state index contributed by atoms with van der Waals surface area (Å²) in [5.41, 5.74) is 0.223. The van der Waals surface area contributed by atoms with E-state index < -0.39 is 31.1 Å². The number of carbonyl (C=O) groups excluding carboxylic acids is 1. The molecular formula is C19H32NO6P. The van der Waals surface area contributed by atoms with Crippen LogP contribution in [0.15, 0.2) is 30.3 Å². The molecule has 0 aromatic heterocycles. The van der Waals surface area contributed by atoms with Gasteiger partial charge in [-0.25, -0.2) is 4.79 Å². The number of hydrogen-bond acceptors (Lipinski definition) is 5. The largest absolute Gasteiger partial charge is 0.444 e. The molecule has 27 heavy (non-hydrogen) atoms. The first-order chi connectivity index (χ1) is 12.5. The van der Waals surface area contributed by atoms with Crippen LogP contribution in [0.5, 0.6) is 0 Å². The Hall–Kier alpha value is -1.40. The summed E-state index contributed by atoms with van der Waals surface area (Å²) in [6.45, 7) is 7.23. The number of amides is 1. The molecule has 3 atom stereocenters. The number of aliphatic hydroxyl groups is 1. The van der Waals surface area contributed by atoms with Crippen LogP contribution in [0, 0.1) is 0 Å². The first-order valence-electron chi connectivity index (χ1n) is 9.18. The number of nitrogens with one attached hydrogen (secondary N) is 1. The van der Waals surface area contributed by atoms with E-state index in [1.807, 2.05) is 30.3 Å². The standard InChI is InChI=1S/C19H32NO6P/c1-5-25-17(21)12-11-16(20-18(22)26-19(2,3)4)27(23,24)14-13-15-9-7-6-8-10-15/h6-10,16-17,21H,5,11-14H2,1-4H3,(H,20,22)(H,23,24). The summed E-state index contributed by atoms with van der Waals surface area (Å²) in [6, 6.07) is 9.38. The summed E-state index contributed by atoms with van der Waals surface area (Å²) in [7, 11) is -3.74. The molecule has 0 aliphatic heterocycles. The Morgan fingerprint density at radius 1 is 1.22 bits per heavy atom. The van der Waals surface area contributed by atoms with Gasteiger partial charge in [-0.1, -0.05) is 30.3 Å². The van der Waals surface area contributed by atoms with Crippen molar-refractivity contribution in [2.24, 2.45) is 0 Å². The molecule has 1 rings (SSSR count). The number of alkyl carbamates (subject to hydrolysis) is 1. The third-order valence-electron chi connectivity index (χ3n) is 3.78. The Morgan fingerprint density at radius 3 is 2.41 bits per heavy atom. The molecule has 154 valence electrons. The van der Waals surface area contributed by atoms with Crippen LogP contribution in [0.2, 0.25) is 0 Å². The second-order valence-corrected chi connectivity index (χ2v) is 9.95. The van der Waals surface area contributed by atoms with Gasteiger partial charge in [0.1, 0.15) is 11.4 Å². The molecule has 0 saturated heterocycles. The molecule has 0 aliphatic rings. The lowest BCUT2D eigenvalue weighted by Gasteiger charge is -2.27. The van der Waals surface area contributed by atoms with E-state index in [0.717, 1.165) is 5.56 Å². The second-order valence-electron chi connectivity index (χ2n) is 7.36. The fourth-order valence-electron chi connectivity index (χ4n) is 2.48. The smallest absolute Gasteiger partial charge is 0.408 e. The Labute approximate surface area is 161 Å². The molecule has 0 fully saturated rings. The van der Waals surface area contributed by atoms with E-state index in [-0.39, 0.29) is 19.0 Å². The minimum absolute atomic E-state index is 0.0161. The monoisotopic (exact) mass is 401 g/mol. The summed E-state index contributed by atoms with van der Waals surface area (Å²) < 4.78 is 23.2. The average Bonchev–Trinajstić information content (AvgIpc) is 2.56. The highest BCUT2D eigenvalue weighted by Crippen LogP contribution is 2.47. The van der Waals surface area contributed by atoms with Crippen molar-refractivity contribution >= 4 is 13.5 Å². The van der Waals surface area contributed by atoms with E-state index >= 15 is 0 Å². The molecular weight excluding hydrogens is 369 g/mol. The van der Waals surface area contributed by atoms with Gasteiger partial charge in [0.05, 0.1) is 0 Å². The predicted molar refractivity (Wildman–Crippen MR) is 105 cm³/mol. The maximum atomic E-state index is 12.9. The van der Waals surface area contributed by atoms with Crippen molar-refractivity contribution in [1.29, 1.82) is 0 Å². The molecule has 8 heteroatoms. The van der Waals surface area contributed by atoms with Crippen molar-refractivity contribution < 1.29 is 28.8 Å². The van der Waals surface area contributed by atoms with Crippen LogP contribution in [0.4, 0.5) is 4.79 Å². The zero-order valence-electron chi connectivity index (χ0n) is 16.6. The molecule has 1 aromatic carbocycles. The van der Waals surface area contributed by atoms with Gasteiger partial charge in [0.25, 0.3) is 0 Å². The predicted octanol–water partition coefficient (Wildman–Crippen LogP) is 3.49. The number of aliphatic hydroxyl groups excluding tert-OH is 1. The summed E-state index contributed by atoms with van der Waals surface area (Å²) in [5, 5.41) is 12.3. The normalized spacial score (nSPS) is 16.2. The third kappa shape index (κ3) is 9.91. The Bertz CT molecular complexity index is 616. The lowest BCUT2D eigenvalue weighted by atomic mass is 10.2. The van der Waals surface area contributed by atoms with Gasteiger partial charge >= 0.3 is 6.09 Å². The summed E-state index contributed by atoms with van der Waals surface area (Å²) in [4.78, 5) is 22.7. The fourth-order valence-corrected chi connectivity index (χ4v) is 4.23. The first-order valence-corrected chi connectivity index (χ1v) is 11.1. The quantitative estimate of drug-likeness (QED) is 0.409. The molecule has 7 nitrogen and oxygen atoms in total. The van der Waals surface area contributed by atoms with Crippen LogP contribution in [-0.4, -0.2) is 46.5 Å². The molecule has 3 unspecified atom stereocenters. The van der Waals surface area contributed by atoms with Crippen molar-refractivity contribution in [3.63, 3.8) is 0 Å². The van der Waals surface area contributed by atoms with Crippen molar-refractivity contribution in [1.82, 2.24) is 5.32 Å². The molecule has 0 saturated carbocycles. The van der Waals surface area contributed by atoms with Gasteiger partial charge in [0.15, 0.2) is 6.29 Å². The highest BCUT2D eigenvalue weighted by atomic mass is 31.2. The van der Waals surface area contributed by atoms with Gasteiger partial charge in [-0.2, -0.15) is 0 Å². The molecule has 3 N–H and O–H groups in total. The van der Waals surface area contributed by atoms with Crippen LogP contribution in [0.3, 0.4) is 0 Å². The van der Waals surface area contributed by atoms with Gasteiger partial charge in [-0.15, -0.1) is 0 Å². The molecule has 0 spiro atoms. The summed E-state index contributed by atoms with van der Waals surface area (Å²) in [6.07, 6.45) is -1.15. The lowest BCUT2D eigenvalue weighted by Crippen LogP contribution is -2.40.